The molecule has 0 bridgehead atoms. The lowest BCUT2D eigenvalue weighted by Gasteiger charge is -2.40. The fourth-order valence-corrected chi connectivity index (χ4v) is 3.71. The lowest BCUT2D eigenvalue weighted by molar-refractivity contribution is 0.249. The van der Waals surface area contributed by atoms with Crippen LogP contribution in [0.25, 0.3) is 0 Å². The van der Waals surface area contributed by atoms with Crippen molar-refractivity contribution in [2.45, 2.75) is 52.6 Å². The smallest absolute Gasteiger partial charge is 0.134 e. The lowest BCUT2D eigenvalue weighted by atomic mass is 9.78. The van der Waals surface area contributed by atoms with Gasteiger partial charge in [-0.25, -0.2) is 9.97 Å². The van der Waals surface area contributed by atoms with E-state index in [1.54, 1.807) is 0 Å². The Bertz CT molecular complexity index is 772. The summed E-state index contributed by atoms with van der Waals surface area (Å²) in [6.07, 6.45) is 0. The zero-order valence-electron chi connectivity index (χ0n) is 16.5. The number of aromatic nitrogens is 2. The van der Waals surface area contributed by atoms with Crippen molar-refractivity contribution < 1.29 is 5.11 Å². The normalized spacial score (nSPS) is 17.1. The SMILES string of the molecule is Cc1nc(N[C@H](CO)C(C)C)cc(N2Cc3ccccc3C(C)(C)C2)n1. The summed E-state index contributed by atoms with van der Waals surface area (Å²) in [5.74, 6) is 2.77. The van der Waals surface area contributed by atoms with Gasteiger partial charge in [0, 0.05) is 24.6 Å². The molecule has 3 rings (SSSR count). The standard InChI is InChI=1S/C21H30N4O/c1-14(2)18(12-26)24-19-10-20(23-15(3)22-19)25-11-16-8-6-7-9-17(16)21(4,5)13-25/h6-10,14,18,26H,11-13H2,1-5H3,(H,22,23,24)/t18-/m1/s1. The van der Waals surface area contributed by atoms with Crippen molar-refractivity contribution in [2.75, 3.05) is 23.4 Å². The third kappa shape index (κ3) is 3.83. The average molecular weight is 354 g/mol. The van der Waals surface area contributed by atoms with Gasteiger partial charge in [-0.2, -0.15) is 0 Å². The number of rotatable bonds is 5. The minimum absolute atomic E-state index is 0.0179. The highest BCUT2D eigenvalue weighted by molar-refractivity contribution is 5.53. The van der Waals surface area contributed by atoms with Crippen molar-refractivity contribution in [3.63, 3.8) is 0 Å². The van der Waals surface area contributed by atoms with E-state index in [9.17, 15) is 5.11 Å². The topological polar surface area (TPSA) is 61.3 Å². The van der Waals surface area contributed by atoms with Crippen LogP contribution in [-0.4, -0.2) is 34.3 Å². The van der Waals surface area contributed by atoms with E-state index in [0.717, 1.165) is 30.5 Å². The highest BCUT2D eigenvalue weighted by atomic mass is 16.3. The molecule has 1 aromatic heterocycles. The summed E-state index contributed by atoms with van der Waals surface area (Å²) < 4.78 is 0. The first-order chi connectivity index (χ1) is 12.3. The van der Waals surface area contributed by atoms with Crippen LogP contribution in [0.4, 0.5) is 11.6 Å². The third-order valence-corrected chi connectivity index (χ3v) is 5.18. The number of nitrogens with one attached hydrogen (secondary N) is 1. The van der Waals surface area contributed by atoms with Crippen LogP contribution in [-0.2, 0) is 12.0 Å². The van der Waals surface area contributed by atoms with E-state index >= 15 is 0 Å². The number of benzene rings is 1. The van der Waals surface area contributed by atoms with E-state index in [-0.39, 0.29) is 18.1 Å². The molecule has 0 saturated carbocycles. The summed E-state index contributed by atoms with van der Waals surface area (Å²) in [6, 6.07) is 10.6. The second-order valence-corrected chi connectivity index (χ2v) is 8.23. The molecular weight excluding hydrogens is 324 g/mol. The van der Waals surface area contributed by atoms with Crippen molar-refractivity contribution in [3.05, 3.63) is 47.3 Å². The predicted octanol–water partition coefficient (Wildman–Crippen LogP) is 3.51. The molecular formula is C21H30N4O. The molecule has 0 aliphatic carbocycles. The lowest BCUT2D eigenvalue weighted by Crippen LogP contribution is -2.42. The molecule has 1 atom stereocenters. The van der Waals surface area contributed by atoms with Gasteiger partial charge in [0.15, 0.2) is 0 Å². The molecule has 1 aliphatic heterocycles. The number of aryl methyl sites for hydroxylation is 1. The number of anilines is 2. The van der Waals surface area contributed by atoms with Crippen LogP contribution in [0, 0.1) is 12.8 Å². The summed E-state index contributed by atoms with van der Waals surface area (Å²) in [5.41, 5.74) is 2.83. The molecule has 0 radical (unpaired) electrons. The number of hydrogen-bond donors (Lipinski definition) is 2. The molecule has 1 aliphatic rings. The van der Waals surface area contributed by atoms with Gasteiger partial charge in [0.05, 0.1) is 12.6 Å². The van der Waals surface area contributed by atoms with Crippen LogP contribution in [0.2, 0.25) is 0 Å². The van der Waals surface area contributed by atoms with Crippen molar-refractivity contribution in [3.8, 4) is 0 Å². The Morgan fingerprint density at radius 3 is 2.65 bits per heavy atom. The second-order valence-electron chi connectivity index (χ2n) is 8.23. The maximum Gasteiger partial charge on any atom is 0.134 e. The molecule has 140 valence electrons. The van der Waals surface area contributed by atoms with E-state index < -0.39 is 0 Å². The van der Waals surface area contributed by atoms with Crippen molar-refractivity contribution in [1.29, 1.82) is 0 Å². The second kappa shape index (κ2) is 7.23. The van der Waals surface area contributed by atoms with Crippen LogP contribution in [0.5, 0.6) is 0 Å². The Hall–Kier alpha value is -2.14. The minimum atomic E-state index is -0.0179. The van der Waals surface area contributed by atoms with Crippen molar-refractivity contribution in [1.82, 2.24) is 9.97 Å². The zero-order valence-corrected chi connectivity index (χ0v) is 16.5. The highest BCUT2D eigenvalue weighted by Gasteiger charge is 2.32. The molecule has 5 nitrogen and oxygen atoms in total. The number of aliphatic hydroxyl groups is 1. The molecule has 2 heterocycles. The summed E-state index contributed by atoms with van der Waals surface area (Å²) >= 11 is 0. The molecule has 5 heteroatoms. The summed E-state index contributed by atoms with van der Waals surface area (Å²) in [6.45, 7) is 12.5. The maximum atomic E-state index is 9.61. The van der Waals surface area contributed by atoms with Gasteiger partial charge in [-0.15, -0.1) is 0 Å². The van der Waals surface area contributed by atoms with E-state index in [0.29, 0.717) is 5.92 Å². The van der Waals surface area contributed by atoms with Gasteiger partial charge < -0.3 is 15.3 Å². The molecule has 0 unspecified atom stereocenters. The first-order valence-corrected chi connectivity index (χ1v) is 9.36. The third-order valence-electron chi connectivity index (χ3n) is 5.18. The van der Waals surface area contributed by atoms with E-state index in [2.05, 4.69) is 72.1 Å². The zero-order chi connectivity index (χ0) is 18.9. The predicted molar refractivity (Wildman–Crippen MR) is 107 cm³/mol. The number of nitrogens with zero attached hydrogens (tertiary/aromatic N) is 3. The number of aliphatic hydroxyl groups excluding tert-OH is 1. The molecule has 26 heavy (non-hydrogen) atoms. The van der Waals surface area contributed by atoms with Gasteiger partial charge in [0.2, 0.25) is 0 Å². The van der Waals surface area contributed by atoms with Crippen LogP contribution >= 0.6 is 0 Å². The number of hydrogen-bond acceptors (Lipinski definition) is 5. The van der Waals surface area contributed by atoms with E-state index in [4.69, 9.17) is 0 Å². The van der Waals surface area contributed by atoms with Gasteiger partial charge in [-0.1, -0.05) is 52.0 Å². The average Bonchev–Trinajstić information content (AvgIpc) is 2.58. The largest absolute Gasteiger partial charge is 0.394 e. The van der Waals surface area contributed by atoms with E-state index in [1.807, 2.05) is 13.0 Å². The van der Waals surface area contributed by atoms with E-state index in [1.165, 1.54) is 11.1 Å². The maximum absolute atomic E-state index is 9.61. The fourth-order valence-electron chi connectivity index (χ4n) is 3.71. The quantitative estimate of drug-likeness (QED) is 0.860. The summed E-state index contributed by atoms with van der Waals surface area (Å²) in [7, 11) is 0. The Morgan fingerprint density at radius 2 is 1.96 bits per heavy atom. The Labute approximate surface area is 156 Å². The Morgan fingerprint density at radius 1 is 1.23 bits per heavy atom. The molecule has 0 spiro atoms. The first kappa shape index (κ1) is 18.6. The molecule has 2 N–H and O–H groups in total. The van der Waals surface area contributed by atoms with Crippen LogP contribution in [0.15, 0.2) is 30.3 Å². The fraction of sp³-hybridized carbons (Fsp3) is 0.524. The Kier molecular flexibility index (Phi) is 5.19. The van der Waals surface area contributed by atoms with Crippen LogP contribution < -0.4 is 10.2 Å². The Balaban J connectivity index is 1.90. The van der Waals surface area contributed by atoms with Crippen molar-refractivity contribution in [2.24, 2.45) is 5.92 Å². The van der Waals surface area contributed by atoms with Crippen molar-refractivity contribution >= 4 is 11.6 Å². The molecule has 1 aromatic carbocycles. The summed E-state index contributed by atoms with van der Waals surface area (Å²) in [5, 5.41) is 13.0. The van der Waals surface area contributed by atoms with Gasteiger partial charge in [-0.05, 0) is 24.0 Å². The number of fused-ring (bicyclic) bond motifs is 1. The van der Waals surface area contributed by atoms with Gasteiger partial charge in [-0.3, -0.25) is 0 Å². The van der Waals surface area contributed by atoms with Gasteiger partial charge in [0.25, 0.3) is 0 Å². The van der Waals surface area contributed by atoms with Gasteiger partial charge >= 0.3 is 0 Å². The molecule has 0 amide bonds. The highest BCUT2D eigenvalue weighted by Crippen LogP contribution is 2.35. The molecule has 0 fully saturated rings. The first-order valence-electron chi connectivity index (χ1n) is 9.36. The van der Waals surface area contributed by atoms with Gasteiger partial charge in [0.1, 0.15) is 17.5 Å². The summed E-state index contributed by atoms with van der Waals surface area (Å²) in [4.78, 5) is 11.5. The monoisotopic (exact) mass is 354 g/mol. The molecule has 2 aromatic rings. The van der Waals surface area contributed by atoms with Crippen LogP contribution in [0.1, 0.15) is 44.6 Å². The van der Waals surface area contributed by atoms with Crippen LogP contribution in [0.3, 0.4) is 0 Å². The molecule has 0 saturated heterocycles. The minimum Gasteiger partial charge on any atom is -0.394 e.